The number of carbonyl (C=O) groups is 2. The van der Waals surface area contributed by atoms with E-state index < -0.39 is 36.2 Å². The minimum atomic E-state index is -2.93. The zero-order valence-electron chi connectivity index (χ0n) is 48.5. The van der Waals surface area contributed by atoms with Crippen LogP contribution in [0.25, 0.3) is 56.5 Å². The van der Waals surface area contributed by atoms with Crippen molar-refractivity contribution >= 4 is 58.0 Å². The minimum Gasteiger partial charge on any atom is -0.476 e. The van der Waals surface area contributed by atoms with Gasteiger partial charge in [0.25, 0.3) is 11.4 Å². The number of pyridine rings is 3. The van der Waals surface area contributed by atoms with Crippen LogP contribution in [0, 0.1) is 11.8 Å². The number of ether oxygens (including phenoxy) is 1. The predicted octanol–water partition coefficient (Wildman–Crippen LogP) is 13.1. The summed E-state index contributed by atoms with van der Waals surface area (Å²) in [6, 6.07) is 24.2. The highest BCUT2D eigenvalue weighted by Gasteiger charge is 2.30. The van der Waals surface area contributed by atoms with Gasteiger partial charge in [0.15, 0.2) is 11.4 Å². The van der Waals surface area contributed by atoms with Crippen molar-refractivity contribution < 1.29 is 31.9 Å². The second-order valence-electron chi connectivity index (χ2n) is 21.6. The van der Waals surface area contributed by atoms with E-state index in [4.69, 9.17) is 44.0 Å². The van der Waals surface area contributed by atoms with E-state index in [2.05, 4.69) is 51.4 Å². The summed E-state index contributed by atoms with van der Waals surface area (Å²) >= 11 is 18.7. The van der Waals surface area contributed by atoms with Crippen molar-refractivity contribution in [3.63, 3.8) is 0 Å². The van der Waals surface area contributed by atoms with Gasteiger partial charge in [-0.15, -0.1) is 5.10 Å². The van der Waals surface area contributed by atoms with E-state index in [1.165, 1.54) is 44.1 Å². The monoisotopic (exact) mass is 1270 g/mol. The summed E-state index contributed by atoms with van der Waals surface area (Å²) in [5, 5.41) is 30.9. The average Bonchev–Trinajstić information content (AvgIpc) is 2.08. The minimum absolute atomic E-state index is 0.0634. The summed E-state index contributed by atoms with van der Waals surface area (Å²) in [5.41, 5.74) is 6.29. The molecule has 0 spiro atoms. The van der Waals surface area contributed by atoms with Crippen molar-refractivity contribution in [1.82, 2.24) is 64.1 Å². The third-order valence-electron chi connectivity index (χ3n) is 15.7. The highest BCUT2D eigenvalue weighted by Crippen LogP contribution is 2.40. The van der Waals surface area contributed by atoms with Gasteiger partial charge in [0.1, 0.15) is 5.76 Å². The van der Waals surface area contributed by atoms with Crippen molar-refractivity contribution in [2.45, 2.75) is 90.9 Å². The second kappa shape index (κ2) is 26.2. The van der Waals surface area contributed by atoms with Gasteiger partial charge >= 0.3 is 12.2 Å². The summed E-state index contributed by atoms with van der Waals surface area (Å²) in [7, 11) is 1.67. The number of alkyl halides is 3. The largest absolute Gasteiger partial charge is 0.476 e. The molecule has 10 aromatic rings. The molecule has 5 atom stereocenters. The fourth-order valence-corrected chi connectivity index (χ4v) is 11.7. The molecule has 2 amide bonds. The van der Waals surface area contributed by atoms with E-state index in [-0.39, 0.29) is 39.8 Å². The number of hydrogen-bond acceptors (Lipinski definition) is 14. The first-order valence-electron chi connectivity index (χ1n) is 28.5. The zero-order valence-corrected chi connectivity index (χ0v) is 50.8. The van der Waals surface area contributed by atoms with Gasteiger partial charge in [-0.05, 0) is 118 Å². The van der Waals surface area contributed by atoms with Crippen LogP contribution in [0.1, 0.15) is 113 Å². The van der Waals surface area contributed by atoms with Gasteiger partial charge in [-0.25, -0.2) is 27.9 Å². The Hall–Kier alpha value is -9.26. The Morgan fingerprint density at radius 3 is 1.79 bits per heavy atom. The van der Waals surface area contributed by atoms with Crippen LogP contribution in [0.4, 0.5) is 24.5 Å². The molecule has 2 aliphatic rings. The number of benzene rings is 2. The molecule has 0 saturated heterocycles. The molecule has 0 aliphatic carbocycles. The van der Waals surface area contributed by atoms with Crippen molar-refractivity contribution in [2.24, 2.45) is 18.9 Å². The summed E-state index contributed by atoms with van der Waals surface area (Å²) < 4.78 is 60.3. The van der Waals surface area contributed by atoms with Gasteiger partial charge in [-0.1, -0.05) is 83.1 Å². The molecule has 89 heavy (non-hydrogen) atoms. The fraction of sp³-hybridized carbons (Fsp3) is 0.290. The molecule has 0 saturated carbocycles. The van der Waals surface area contributed by atoms with Gasteiger partial charge in [0, 0.05) is 97.9 Å². The first-order valence-corrected chi connectivity index (χ1v) is 29.7. The van der Waals surface area contributed by atoms with E-state index in [1.54, 1.807) is 105 Å². The van der Waals surface area contributed by atoms with Crippen molar-refractivity contribution in [3.05, 3.63) is 181 Å². The topological polar surface area (TPSA) is 242 Å². The van der Waals surface area contributed by atoms with Crippen LogP contribution >= 0.6 is 34.8 Å². The number of halogens is 6. The van der Waals surface area contributed by atoms with Crippen LogP contribution in [0.15, 0.2) is 136 Å². The molecule has 458 valence electrons. The molecule has 5 unspecified atom stereocenters. The first-order chi connectivity index (χ1) is 42.8. The lowest BCUT2D eigenvalue weighted by molar-refractivity contribution is -0.120. The van der Waals surface area contributed by atoms with Gasteiger partial charge in [0.2, 0.25) is 11.8 Å². The maximum Gasteiger partial charge on any atom is 0.340 e. The number of hydrogen-bond donors (Lipinski definition) is 2. The standard InChI is InChI=1S/C32H31ClFN7O4.C30H26Cl2F2N8O2/c1-4-44-29-17-40(39-38-29)27-10-8-21(33)15-24(27)28-11-9-23(32(43)45-28)22-7-5-6-18(2)31(42)37-26-16-36-41(19(3)34)30(26)20-12-13-35-25(22)14-20;1-16-4-3-5-19(22-12-17(10-11-35-22)27-23(37-28(16)43)14-36-42(27)30(33)34)20-7-9-24(40(2)29(20)44)21-13-18(31)6-8-25(21)41-15-26(32)38-39-41/h8-19,22H,4-7H2,1-3H3,(H,37,42);6-16,19,30H,3-5H2,1-2H3,(H,37,43). The van der Waals surface area contributed by atoms with Crippen molar-refractivity contribution in [3.8, 4) is 62.4 Å². The molecule has 2 N–H and O–H groups in total. The number of aromatic nitrogens is 13. The van der Waals surface area contributed by atoms with Crippen LogP contribution in [-0.4, -0.2) is 82.5 Å². The molecule has 8 aromatic heterocycles. The second-order valence-corrected chi connectivity index (χ2v) is 22.8. The number of anilines is 2. The van der Waals surface area contributed by atoms with Crippen molar-refractivity contribution in [1.29, 1.82) is 0 Å². The molecule has 12 rings (SSSR count). The Labute approximate surface area is 521 Å². The SMILES string of the molecule is CC1CCCC(c2ccc(-c3cc(Cl)ccc3-n3cc(Cl)nn3)n(C)c2=O)c2cc(ccn2)-c2c(cnn2C(F)F)NC1=O.CCOc1cn(-c2ccc(Cl)cc2-c2ccc(C3CCCC(C)C(=O)Nc4cnn(C(C)F)c4-c4ccnc3c4)c(=O)o2)nn1. The van der Waals surface area contributed by atoms with Gasteiger partial charge in [-0.3, -0.25) is 24.4 Å². The maximum absolute atomic E-state index is 14.6. The Morgan fingerprint density at radius 1 is 0.663 bits per heavy atom. The van der Waals surface area contributed by atoms with E-state index in [9.17, 15) is 32.3 Å². The number of carbonyl (C=O) groups excluding carboxylic acids is 2. The Balaban J connectivity index is 0.000000184. The maximum atomic E-state index is 14.6. The molecule has 2 aliphatic heterocycles. The van der Waals surface area contributed by atoms with E-state index in [1.807, 2.05) is 26.0 Å². The molecular formula is C62H57Cl3F3N15O6. The van der Waals surface area contributed by atoms with Crippen LogP contribution in [0.5, 0.6) is 5.88 Å². The number of amides is 2. The third-order valence-corrected chi connectivity index (χ3v) is 16.4. The number of nitrogens with one attached hydrogen (secondary N) is 2. The molecule has 21 nitrogen and oxygen atoms in total. The lowest BCUT2D eigenvalue weighted by Crippen LogP contribution is -2.26. The molecule has 10 heterocycles. The van der Waals surface area contributed by atoms with Crippen LogP contribution in [0.3, 0.4) is 0 Å². The number of nitrogens with zero attached hydrogens (tertiary/aromatic N) is 13. The van der Waals surface area contributed by atoms with Crippen LogP contribution in [0.2, 0.25) is 15.2 Å². The molecule has 0 radical (unpaired) electrons. The zero-order chi connectivity index (χ0) is 62.8. The molecule has 27 heteroatoms. The van der Waals surface area contributed by atoms with E-state index in [0.29, 0.717) is 145 Å². The smallest absolute Gasteiger partial charge is 0.340 e. The first kappa shape index (κ1) is 61.4. The van der Waals surface area contributed by atoms with E-state index >= 15 is 0 Å². The summed E-state index contributed by atoms with van der Waals surface area (Å²) in [5.74, 6) is -1.48. The summed E-state index contributed by atoms with van der Waals surface area (Å²) in [6.45, 7) is 4.35. The number of rotatable bonds is 10. The fourth-order valence-electron chi connectivity index (χ4n) is 11.2. The van der Waals surface area contributed by atoms with Gasteiger partial charge in [0.05, 0.1) is 71.2 Å². The third kappa shape index (κ3) is 12.9. The molecule has 4 bridgehead atoms. The molecule has 2 aromatic carbocycles. The Kier molecular flexibility index (Phi) is 18.1. The average molecular weight is 1270 g/mol. The van der Waals surface area contributed by atoms with Crippen molar-refractivity contribution in [2.75, 3.05) is 17.2 Å². The Morgan fingerprint density at radius 2 is 1.21 bits per heavy atom. The van der Waals surface area contributed by atoms with Crippen LogP contribution < -0.4 is 26.6 Å². The highest BCUT2D eigenvalue weighted by molar-refractivity contribution is 6.31. The lowest BCUT2D eigenvalue weighted by Gasteiger charge is -2.22. The normalized spacial score (nSPS) is 17.3. The molecule has 0 fully saturated rings. The van der Waals surface area contributed by atoms with E-state index in [0.717, 1.165) is 0 Å². The Bertz CT molecular complexity index is 4410. The van der Waals surface area contributed by atoms with Gasteiger partial charge in [-0.2, -0.15) is 19.0 Å². The predicted molar refractivity (Wildman–Crippen MR) is 329 cm³/mol. The quantitative estimate of drug-likeness (QED) is 0.129. The number of fused-ring (bicyclic) bond motifs is 8. The summed E-state index contributed by atoms with van der Waals surface area (Å²) in [6.07, 6.45) is 10.9. The molecular weight excluding hydrogens is 1210 g/mol. The van der Waals surface area contributed by atoms with Gasteiger partial charge < -0.3 is 24.4 Å². The summed E-state index contributed by atoms with van der Waals surface area (Å²) in [4.78, 5) is 62.9. The lowest BCUT2D eigenvalue weighted by atomic mass is 9.87. The van der Waals surface area contributed by atoms with Crippen LogP contribution in [-0.2, 0) is 16.6 Å². The highest BCUT2D eigenvalue weighted by atomic mass is 35.5.